The van der Waals surface area contributed by atoms with Crippen molar-refractivity contribution in [2.24, 2.45) is 17.6 Å². The first-order chi connectivity index (χ1) is 10.3. The molecule has 0 atom stereocenters. The fraction of sp³-hybridized carbons (Fsp3) is 1.00. The van der Waals surface area contributed by atoms with Crippen LogP contribution in [0.5, 0.6) is 0 Å². The zero-order chi connectivity index (χ0) is 15.0. The van der Waals surface area contributed by atoms with Crippen LogP contribution >= 0.6 is 0 Å². The zero-order valence-corrected chi connectivity index (χ0v) is 14.5. The molecule has 124 valence electrons. The second-order valence-corrected chi connectivity index (χ2v) is 7.95. The highest BCUT2D eigenvalue weighted by Gasteiger charge is 2.41. The van der Waals surface area contributed by atoms with Gasteiger partial charge in [-0.3, -0.25) is 0 Å². The number of hydrogen-bond donors (Lipinski definition) is 1. The molecule has 2 fully saturated rings. The van der Waals surface area contributed by atoms with Gasteiger partial charge in [0, 0.05) is 5.54 Å². The molecule has 0 aromatic carbocycles. The molecule has 2 aliphatic carbocycles. The van der Waals surface area contributed by atoms with Crippen molar-refractivity contribution in [3.05, 3.63) is 0 Å². The monoisotopic (exact) mass is 293 g/mol. The summed E-state index contributed by atoms with van der Waals surface area (Å²) >= 11 is 0. The minimum atomic E-state index is 0.188. The number of nitrogens with two attached hydrogens (primary N) is 1. The van der Waals surface area contributed by atoms with Gasteiger partial charge in [0.05, 0.1) is 0 Å². The van der Waals surface area contributed by atoms with E-state index in [1.807, 2.05) is 0 Å². The average molecular weight is 294 g/mol. The lowest BCUT2D eigenvalue weighted by molar-refractivity contribution is 0.0939. The van der Waals surface area contributed by atoms with Gasteiger partial charge in [-0.1, -0.05) is 77.6 Å². The summed E-state index contributed by atoms with van der Waals surface area (Å²) < 4.78 is 0. The maximum atomic E-state index is 7.16. The summed E-state index contributed by atoms with van der Waals surface area (Å²) in [7, 11) is 0. The van der Waals surface area contributed by atoms with Crippen molar-refractivity contribution in [1.82, 2.24) is 0 Å². The number of unbranched alkanes of at least 4 members (excludes halogenated alkanes) is 4. The van der Waals surface area contributed by atoms with E-state index in [4.69, 9.17) is 5.73 Å². The van der Waals surface area contributed by atoms with E-state index in [-0.39, 0.29) is 5.54 Å². The fourth-order valence-corrected chi connectivity index (χ4v) is 5.06. The van der Waals surface area contributed by atoms with Crippen molar-refractivity contribution in [3.63, 3.8) is 0 Å². The van der Waals surface area contributed by atoms with Crippen molar-refractivity contribution in [2.75, 3.05) is 0 Å². The van der Waals surface area contributed by atoms with E-state index in [2.05, 4.69) is 6.92 Å². The first-order valence-electron chi connectivity index (χ1n) is 10.1. The topological polar surface area (TPSA) is 26.0 Å². The van der Waals surface area contributed by atoms with E-state index in [9.17, 15) is 0 Å². The smallest absolute Gasteiger partial charge is 0.0211 e. The third-order valence-electron chi connectivity index (χ3n) is 6.44. The molecule has 1 nitrogen and oxygen atoms in total. The first-order valence-corrected chi connectivity index (χ1v) is 10.1. The summed E-state index contributed by atoms with van der Waals surface area (Å²) in [4.78, 5) is 0. The fourth-order valence-electron chi connectivity index (χ4n) is 5.06. The molecule has 0 unspecified atom stereocenters. The molecule has 2 saturated carbocycles. The molecule has 1 heteroatoms. The molecular weight excluding hydrogens is 254 g/mol. The van der Waals surface area contributed by atoms with Crippen molar-refractivity contribution in [2.45, 2.75) is 115 Å². The van der Waals surface area contributed by atoms with E-state index < -0.39 is 0 Å². The Hall–Kier alpha value is -0.0400. The van der Waals surface area contributed by atoms with Gasteiger partial charge in [0.25, 0.3) is 0 Å². The second-order valence-electron chi connectivity index (χ2n) is 7.95. The molecule has 0 saturated heterocycles. The molecule has 2 N–H and O–H groups in total. The standard InChI is InChI=1S/C20H39N/c1-2-3-4-5-12-17-20(21,18-13-8-6-9-14-18)19-15-10-7-11-16-19/h18-19H,2-17,21H2,1H3. The van der Waals surface area contributed by atoms with E-state index in [1.54, 1.807) is 0 Å². The van der Waals surface area contributed by atoms with Gasteiger partial charge in [-0.2, -0.15) is 0 Å². The lowest BCUT2D eigenvalue weighted by Crippen LogP contribution is -2.54. The predicted molar refractivity (Wildman–Crippen MR) is 93.4 cm³/mol. The Morgan fingerprint density at radius 1 is 0.714 bits per heavy atom. The Labute approximate surface area is 133 Å². The van der Waals surface area contributed by atoms with Crippen molar-refractivity contribution in [1.29, 1.82) is 0 Å². The summed E-state index contributed by atoms with van der Waals surface area (Å²) in [6.45, 7) is 2.30. The van der Waals surface area contributed by atoms with Crippen LogP contribution in [0.2, 0.25) is 0 Å². The Balaban J connectivity index is 1.91. The van der Waals surface area contributed by atoms with Gasteiger partial charge in [0.15, 0.2) is 0 Å². The second kappa shape index (κ2) is 9.18. The van der Waals surface area contributed by atoms with Gasteiger partial charge >= 0.3 is 0 Å². The lowest BCUT2D eigenvalue weighted by Gasteiger charge is -2.47. The molecule has 2 aliphatic rings. The number of rotatable bonds is 8. The normalized spacial score (nSPS) is 22.6. The third kappa shape index (κ3) is 4.98. The summed E-state index contributed by atoms with van der Waals surface area (Å²) in [5.74, 6) is 1.67. The van der Waals surface area contributed by atoms with Crippen LogP contribution in [0, 0.1) is 11.8 Å². The Bertz CT molecular complexity index is 243. The molecule has 0 aromatic heterocycles. The van der Waals surface area contributed by atoms with E-state index in [1.165, 1.54) is 103 Å². The zero-order valence-electron chi connectivity index (χ0n) is 14.5. The van der Waals surface area contributed by atoms with Crippen molar-refractivity contribution in [3.8, 4) is 0 Å². The molecule has 2 rings (SSSR count). The molecule has 0 spiro atoms. The van der Waals surface area contributed by atoms with Crippen molar-refractivity contribution >= 4 is 0 Å². The third-order valence-corrected chi connectivity index (χ3v) is 6.44. The minimum Gasteiger partial charge on any atom is -0.325 e. The molecule has 0 bridgehead atoms. The highest BCUT2D eigenvalue weighted by molar-refractivity contribution is 4.98. The highest BCUT2D eigenvalue weighted by Crippen LogP contribution is 2.44. The largest absolute Gasteiger partial charge is 0.325 e. The number of hydrogen-bond acceptors (Lipinski definition) is 1. The Morgan fingerprint density at radius 2 is 1.19 bits per heavy atom. The summed E-state index contributed by atoms with van der Waals surface area (Å²) in [6, 6.07) is 0. The maximum Gasteiger partial charge on any atom is 0.0211 e. The van der Waals surface area contributed by atoms with Gasteiger partial charge in [-0.25, -0.2) is 0 Å². The molecule has 21 heavy (non-hydrogen) atoms. The Kier molecular flexibility index (Phi) is 7.57. The van der Waals surface area contributed by atoms with Gasteiger partial charge in [0.2, 0.25) is 0 Å². The summed E-state index contributed by atoms with van der Waals surface area (Å²) in [5.41, 5.74) is 7.35. The van der Waals surface area contributed by atoms with E-state index in [0.29, 0.717) is 0 Å². The predicted octanol–water partition coefficient (Wildman–Crippen LogP) is 6.21. The minimum absolute atomic E-state index is 0.188. The maximum absolute atomic E-state index is 7.16. The van der Waals surface area contributed by atoms with Crippen LogP contribution in [0.4, 0.5) is 0 Å². The van der Waals surface area contributed by atoms with Crippen molar-refractivity contribution < 1.29 is 0 Å². The molecule has 0 heterocycles. The van der Waals surface area contributed by atoms with Crippen LogP contribution in [0.25, 0.3) is 0 Å². The van der Waals surface area contributed by atoms with Crippen LogP contribution in [-0.2, 0) is 0 Å². The molecular formula is C20H39N. The van der Waals surface area contributed by atoms with Crippen LogP contribution in [0.3, 0.4) is 0 Å². The lowest BCUT2D eigenvalue weighted by atomic mass is 9.63. The first kappa shape index (κ1) is 17.3. The summed E-state index contributed by atoms with van der Waals surface area (Å²) in [5, 5.41) is 0. The molecule has 0 aromatic rings. The van der Waals surface area contributed by atoms with Crippen LogP contribution in [0.1, 0.15) is 110 Å². The van der Waals surface area contributed by atoms with Crippen LogP contribution < -0.4 is 5.73 Å². The highest BCUT2D eigenvalue weighted by atomic mass is 14.8. The molecule has 0 radical (unpaired) electrons. The SMILES string of the molecule is CCCCCCCC(N)(C1CCCCC1)C1CCCCC1. The summed E-state index contributed by atoms with van der Waals surface area (Å²) in [6.07, 6.45) is 22.6. The average Bonchev–Trinajstić information content (AvgIpc) is 2.56. The van der Waals surface area contributed by atoms with Gasteiger partial charge < -0.3 is 5.73 Å². The van der Waals surface area contributed by atoms with Gasteiger partial charge in [-0.15, -0.1) is 0 Å². The quantitative estimate of drug-likeness (QED) is 0.529. The van der Waals surface area contributed by atoms with E-state index in [0.717, 1.165) is 11.8 Å². The molecule has 0 amide bonds. The van der Waals surface area contributed by atoms with Gasteiger partial charge in [-0.05, 0) is 43.9 Å². The Morgan fingerprint density at radius 3 is 1.67 bits per heavy atom. The molecule has 0 aliphatic heterocycles. The van der Waals surface area contributed by atoms with Crippen LogP contribution in [0.15, 0.2) is 0 Å². The van der Waals surface area contributed by atoms with Gasteiger partial charge in [0.1, 0.15) is 0 Å². The van der Waals surface area contributed by atoms with Crippen LogP contribution in [-0.4, -0.2) is 5.54 Å². The van der Waals surface area contributed by atoms with E-state index >= 15 is 0 Å².